The lowest BCUT2D eigenvalue weighted by atomic mass is 9.81. The molecule has 238 valence electrons. The number of nitrogens with zero attached hydrogens (tertiary/aromatic N) is 2. The predicted octanol–water partition coefficient (Wildman–Crippen LogP) is 4.66. The van der Waals surface area contributed by atoms with Crippen molar-refractivity contribution in [3.05, 3.63) is 54.1 Å². The number of thioether (sulfide) groups is 1. The second-order valence-electron chi connectivity index (χ2n) is 11.5. The second kappa shape index (κ2) is 13.1. The molecule has 0 aromatic heterocycles. The highest BCUT2D eigenvalue weighted by atomic mass is 32.2. The van der Waals surface area contributed by atoms with E-state index in [9.17, 15) is 34.8 Å². The van der Waals surface area contributed by atoms with Gasteiger partial charge in [0.15, 0.2) is 9.84 Å². The second-order valence-corrected chi connectivity index (χ2v) is 16.2. The Morgan fingerprint density at radius 3 is 2.30 bits per heavy atom. The highest BCUT2D eigenvalue weighted by molar-refractivity contribution is 7.98. The Morgan fingerprint density at radius 1 is 1.02 bits per heavy atom. The average Bonchev–Trinajstić information content (AvgIpc) is 3.30. The monoisotopic (exact) mass is 661 g/mol. The summed E-state index contributed by atoms with van der Waals surface area (Å²) in [6.07, 6.45) is -0.860. The van der Waals surface area contributed by atoms with Crippen LogP contribution >= 0.6 is 11.8 Å². The van der Waals surface area contributed by atoms with Gasteiger partial charge < -0.3 is 9.80 Å². The Bertz CT molecular complexity index is 1520. The molecule has 0 bridgehead atoms. The molecule has 4 atom stereocenters. The van der Waals surface area contributed by atoms with Gasteiger partial charge in [0.05, 0.1) is 21.1 Å². The van der Waals surface area contributed by atoms with E-state index in [2.05, 4.69) is 23.5 Å². The van der Waals surface area contributed by atoms with Crippen LogP contribution in [0, 0.1) is 5.92 Å². The number of alkyl halides is 3. The molecule has 2 aliphatic rings. The summed E-state index contributed by atoms with van der Waals surface area (Å²) in [7, 11) is -6.12. The van der Waals surface area contributed by atoms with Crippen molar-refractivity contribution < 1.29 is 34.8 Å². The third-order valence-corrected chi connectivity index (χ3v) is 12.6. The van der Waals surface area contributed by atoms with E-state index in [0.29, 0.717) is 18.9 Å². The van der Waals surface area contributed by atoms with Gasteiger partial charge >= 0.3 is 6.18 Å². The van der Waals surface area contributed by atoms with Gasteiger partial charge in [0.2, 0.25) is 15.9 Å². The van der Waals surface area contributed by atoms with Gasteiger partial charge in [-0.3, -0.25) is 4.79 Å². The molecule has 4 rings (SSSR count). The smallest absolute Gasteiger partial charge is 0.338 e. The van der Waals surface area contributed by atoms with Gasteiger partial charge in [0.25, 0.3) is 0 Å². The van der Waals surface area contributed by atoms with E-state index in [4.69, 9.17) is 0 Å². The number of rotatable bonds is 10. The van der Waals surface area contributed by atoms with Crippen LogP contribution in [-0.2, 0) is 30.8 Å². The van der Waals surface area contributed by atoms with Crippen LogP contribution < -0.4 is 4.72 Å². The van der Waals surface area contributed by atoms with E-state index >= 15 is 0 Å². The van der Waals surface area contributed by atoms with Crippen LogP contribution in [-0.4, -0.2) is 82.3 Å². The fraction of sp³-hybridized carbons (Fsp3) is 0.552. The molecule has 2 fully saturated rings. The van der Waals surface area contributed by atoms with E-state index in [1.807, 2.05) is 13.3 Å². The topological polar surface area (TPSA) is 104 Å². The van der Waals surface area contributed by atoms with Gasteiger partial charge in [-0.2, -0.15) is 17.9 Å². The summed E-state index contributed by atoms with van der Waals surface area (Å²) >= 11 is 1.51. The van der Waals surface area contributed by atoms with Crippen molar-refractivity contribution >= 4 is 37.5 Å². The van der Waals surface area contributed by atoms with Crippen molar-refractivity contribution in [2.45, 2.75) is 84.6 Å². The van der Waals surface area contributed by atoms with Crippen LogP contribution in [0.1, 0.15) is 45.1 Å². The van der Waals surface area contributed by atoms with Crippen molar-refractivity contribution in [1.82, 2.24) is 14.5 Å². The molecule has 1 heterocycles. The summed E-state index contributed by atoms with van der Waals surface area (Å²) in [5.41, 5.74) is -1.11. The zero-order valence-corrected chi connectivity index (χ0v) is 27.0. The summed E-state index contributed by atoms with van der Waals surface area (Å²) in [6, 6.07) is 8.85. The largest absolute Gasteiger partial charge is 0.416 e. The zero-order chi connectivity index (χ0) is 31.7. The van der Waals surface area contributed by atoms with Crippen LogP contribution in [0.3, 0.4) is 0 Å². The number of likely N-dealkylation sites (tertiary alicyclic amines) is 1. The Hall–Kier alpha value is -2.13. The molecule has 2 aromatic rings. The van der Waals surface area contributed by atoms with Crippen molar-refractivity contribution in [1.29, 1.82) is 0 Å². The molecule has 1 saturated heterocycles. The first-order valence-corrected chi connectivity index (χ1v) is 18.5. The van der Waals surface area contributed by atoms with E-state index in [1.54, 1.807) is 29.2 Å². The molecule has 1 aliphatic carbocycles. The molecule has 8 nitrogen and oxygen atoms in total. The van der Waals surface area contributed by atoms with Crippen molar-refractivity contribution in [3.8, 4) is 0 Å². The number of halogens is 3. The maximum atomic E-state index is 13.6. The summed E-state index contributed by atoms with van der Waals surface area (Å²) < 4.78 is 94.9. The summed E-state index contributed by atoms with van der Waals surface area (Å²) in [5, 5.41) is 0. The lowest BCUT2D eigenvalue weighted by Crippen LogP contribution is -2.53. The van der Waals surface area contributed by atoms with Crippen molar-refractivity contribution in [3.63, 3.8) is 0 Å². The fourth-order valence-electron chi connectivity index (χ4n) is 6.00. The van der Waals surface area contributed by atoms with Gasteiger partial charge in [-0.05, 0) is 101 Å². The van der Waals surface area contributed by atoms with Gasteiger partial charge in [-0.15, -0.1) is 11.8 Å². The first-order chi connectivity index (χ1) is 20.0. The molecule has 2 aromatic carbocycles. The minimum absolute atomic E-state index is 0.114. The molecule has 1 amide bonds. The number of hydrogen-bond acceptors (Lipinski definition) is 7. The Morgan fingerprint density at radius 2 is 1.70 bits per heavy atom. The third-order valence-electron chi connectivity index (χ3n) is 8.57. The lowest BCUT2D eigenvalue weighted by Gasteiger charge is -2.44. The average molecular weight is 662 g/mol. The SMILES string of the molecule is CSc1ccc(S(=O)(=O)C[C@H]2C[C@H](N(C)C(C)C)CC[C@@H]2N2CC[C@H](NS(=O)(=O)c3cccc(C(F)(F)F)c3)C2=O)cc1. The third kappa shape index (κ3) is 7.75. The lowest BCUT2D eigenvalue weighted by molar-refractivity contribution is -0.137. The molecular formula is C29H38F3N3O5S3. The van der Waals surface area contributed by atoms with E-state index in [-0.39, 0.29) is 35.7 Å². The Kier molecular flexibility index (Phi) is 10.3. The highest BCUT2D eigenvalue weighted by Gasteiger charge is 2.45. The molecule has 43 heavy (non-hydrogen) atoms. The highest BCUT2D eigenvalue weighted by Crippen LogP contribution is 2.36. The number of carbonyl (C=O) groups excluding carboxylic acids is 1. The van der Waals surface area contributed by atoms with Crippen molar-refractivity contribution in [2.75, 3.05) is 25.6 Å². The minimum atomic E-state index is -4.72. The van der Waals surface area contributed by atoms with Crippen LogP contribution in [0.25, 0.3) is 0 Å². The summed E-state index contributed by atoms with van der Waals surface area (Å²) in [5.74, 6) is -1.06. The van der Waals surface area contributed by atoms with Gasteiger partial charge in [0.1, 0.15) is 6.04 Å². The zero-order valence-electron chi connectivity index (χ0n) is 24.5. The molecule has 14 heteroatoms. The number of nitrogens with one attached hydrogen (secondary N) is 1. The summed E-state index contributed by atoms with van der Waals surface area (Å²) in [6.45, 7) is 4.34. The number of amides is 1. The number of carbonyl (C=O) groups is 1. The quantitative estimate of drug-likeness (QED) is 0.370. The van der Waals surface area contributed by atoms with E-state index in [1.165, 1.54) is 11.8 Å². The Balaban J connectivity index is 1.55. The number of sulfone groups is 1. The number of hydrogen-bond donors (Lipinski definition) is 1. The van der Waals surface area contributed by atoms with Gasteiger partial charge in [-0.25, -0.2) is 16.8 Å². The fourth-order valence-corrected chi connectivity index (χ4v) is 9.34. The first kappa shape index (κ1) is 33.8. The van der Waals surface area contributed by atoms with Crippen molar-refractivity contribution in [2.24, 2.45) is 5.92 Å². The molecule has 0 unspecified atom stereocenters. The molecule has 0 spiro atoms. The van der Waals surface area contributed by atoms with Gasteiger partial charge in [0, 0.05) is 29.6 Å². The standard InChI is InChI=1S/C29H38F3N3O5S3/c1-19(2)34(3)22-8-13-27(20(16-22)18-42(37,38)24-11-9-23(41-4)10-12-24)35-15-14-26(28(35)36)33-43(39,40)25-7-5-6-21(17-25)29(30,31)32/h5-7,9-12,17,19-20,22,26-27,33H,8,13-16,18H2,1-4H3/t20-,22-,26+,27+/m1/s1. The van der Waals surface area contributed by atoms with Crippen LogP contribution in [0.2, 0.25) is 0 Å². The molecule has 1 saturated carbocycles. The van der Waals surface area contributed by atoms with Crippen LogP contribution in [0.4, 0.5) is 13.2 Å². The molecule has 1 aliphatic heterocycles. The molecular weight excluding hydrogens is 624 g/mol. The van der Waals surface area contributed by atoms with Gasteiger partial charge in [-0.1, -0.05) is 6.07 Å². The normalized spacial score (nSPS) is 23.8. The maximum absolute atomic E-state index is 13.6. The summed E-state index contributed by atoms with van der Waals surface area (Å²) in [4.78, 5) is 17.9. The van der Waals surface area contributed by atoms with Crippen LogP contribution in [0.15, 0.2) is 63.2 Å². The molecule has 1 N–H and O–H groups in total. The Labute approximate surface area is 256 Å². The van der Waals surface area contributed by atoms with E-state index < -0.39 is 60.4 Å². The first-order valence-electron chi connectivity index (χ1n) is 14.1. The van der Waals surface area contributed by atoms with E-state index in [0.717, 1.165) is 29.5 Å². The molecule has 0 radical (unpaired) electrons. The number of benzene rings is 2. The minimum Gasteiger partial charge on any atom is -0.338 e. The predicted molar refractivity (Wildman–Crippen MR) is 160 cm³/mol. The number of sulfonamides is 1. The maximum Gasteiger partial charge on any atom is 0.416 e. The van der Waals surface area contributed by atoms with Crippen LogP contribution in [0.5, 0.6) is 0 Å².